The van der Waals surface area contributed by atoms with E-state index < -0.39 is 6.10 Å². The van der Waals surface area contributed by atoms with Gasteiger partial charge in [0, 0.05) is 18.9 Å². The van der Waals surface area contributed by atoms with Crippen LogP contribution in [0.3, 0.4) is 0 Å². The number of rotatable bonds is 6. The van der Waals surface area contributed by atoms with Gasteiger partial charge in [-0.25, -0.2) is 8.78 Å². The van der Waals surface area contributed by atoms with E-state index >= 15 is 0 Å². The molecule has 3 aromatic carbocycles. The summed E-state index contributed by atoms with van der Waals surface area (Å²) in [4.78, 5) is 0. The minimum atomic E-state index is -0.638. The highest BCUT2D eigenvalue weighted by molar-refractivity contribution is 5.44. The molecule has 3 aromatic rings. The van der Waals surface area contributed by atoms with Crippen molar-refractivity contribution in [1.29, 1.82) is 0 Å². The van der Waals surface area contributed by atoms with Crippen LogP contribution in [0.4, 0.5) is 8.78 Å². The maximum Gasteiger partial charge on any atom is 0.231 e. The van der Waals surface area contributed by atoms with Gasteiger partial charge in [-0.1, -0.05) is 30.3 Å². The number of benzene rings is 3. The molecule has 0 amide bonds. The number of nitrogens with one attached hydrogen (secondary N) is 1. The Morgan fingerprint density at radius 2 is 1.52 bits per heavy atom. The van der Waals surface area contributed by atoms with Gasteiger partial charge in [0.05, 0.1) is 24.9 Å². The molecule has 2 heterocycles. The number of ether oxygens (including phenoxy) is 3. The van der Waals surface area contributed by atoms with Gasteiger partial charge in [0.25, 0.3) is 0 Å². The third-order valence-corrected chi connectivity index (χ3v) is 6.26. The highest BCUT2D eigenvalue weighted by atomic mass is 19.1. The van der Waals surface area contributed by atoms with Gasteiger partial charge in [0.2, 0.25) is 6.79 Å². The first-order valence-corrected chi connectivity index (χ1v) is 11.0. The molecule has 5 nitrogen and oxygen atoms in total. The zero-order chi connectivity index (χ0) is 22.8. The van der Waals surface area contributed by atoms with Crippen molar-refractivity contribution in [2.45, 2.75) is 37.1 Å². The average Bonchev–Trinajstić information content (AvgIpc) is 3.29. The van der Waals surface area contributed by atoms with E-state index in [-0.39, 0.29) is 36.5 Å². The van der Waals surface area contributed by atoms with Crippen molar-refractivity contribution < 1.29 is 28.1 Å². The summed E-state index contributed by atoms with van der Waals surface area (Å²) in [6, 6.07) is 18.0. The zero-order valence-corrected chi connectivity index (χ0v) is 17.9. The molecule has 2 N–H and O–H groups in total. The highest BCUT2D eigenvalue weighted by Gasteiger charge is 2.35. The number of hydrogen-bond acceptors (Lipinski definition) is 5. The summed E-state index contributed by atoms with van der Waals surface area (Å²) < 4.78 is 44.0. The molecule has 1 fully saturated rings. The quantitative estimate of drug-likeness (QED) is 0.588. The van der Waals surface area contributed by atoms with Crippen LogP contribution in [-0.4, -0.2) is 36.8 Å². The fourth-order valence-electron chi connectivity index (χ4n) is 4.50. The van der Waals surface area contributed by atoms with Crippen molar-refractivity contribution in [3.63, 3.8) is 0 Å². The van der Waals surface area contributed by atoms with Crippen LogP contribution in [0.1, 0.15) is 29.0 Å². The monoisotopic (exact) mass is 453 g/mol. The van der Waals surface area contributed by atoms with E-state index in [0.717, 1.165) is 28.2 Å². The Labute approximate surface area is 190 Å². The second-order valence-electron chi connectivity index (χ2n) is 8.43. The molecular weight excluding hydrogens is 428 g/mol. The van der Waals surface area contributed by atoms with Gasteiger partial charge < -0.3 is 24.6 Å². The SMILES string of the molecule is O[C@@H]1C[C@@H](C(c2ccc(F)cc2)c2ccc(F)cc2)OC[C@H]1NCc1ccc2c(c1)OCO2. The van der Waals surface area contributed by atoms with Gasteiger partial charge in [-0.3, -0.25) is 0 Å². The van der Waals surface area contributed by atoms with Gasteiger partial charge in [0.1, 0.15) is 11.6 Å². The van der Waals surface area contributed by atoms with Gasteiger partial charge in [-0.05, 0) is 53.1 Å². The van der Waals surface area contributed by atoms with E-state index in [9.17, 15) is 13.9 Å². The summed E-state index contributed by atoms with van der Waals surface area (Å²) in [5.74, 6) is 0.546. The Morgan fingerprint density at radius 1 is 0.879 bits per heavy atom. The number of halogens is 2. The lowest BCUT2D eigenvalue weighted by atomic mass is 9.82. The van der Waals surface area contributed by atoms with Gasteiger partial charge in [0.15, 0.2) is 11.5 Å². The molecular formula is C26H25F2NO4. The fourth-order valence-corrected chi connectivity index (χ4v) is 4.50. The summed E-state index contributed by atoms with van der Waals surface area (Å²) in [6.45, 7) is 1.09. The van der Waals surface area contributed by atoms with Crippen molar-refractivity contribution >= 4 is 0 Å². The molecule has 0 aromatic heterocycles. The van der Waals surface area contributed by atoms with Gasteiger partial charge >= 0.3 is 0 Å². The van der Waals surface area contributed by atoms with Crippen molar-refractivity contribution in [1.82, 2.24) is 5.32 Å². The van der Waals surface area contributed by atoms with Crippen LogP contribution in [-0.2, 0) is 11.3 Å². The highest BCUT2D eigenvalue weighted by Crippen LogP contribution is 2.35. The van der Waals surface area contributed by atoms with E-state index in [2.05, 4.69) is 5.32 Å². The van der Waals surface area contributed by atoms with Crippen LogP contribution >= 0.6 is 0 Å². The summed E-state index contributed by atoms with van der Waals surface area (Å²) >= 11 is 0. The average molecular weight is 453 g/mol. The van der Waals surface area contributed by atoms with Gasteiger partial charge in [-0.2, -0.15) is 0 Å². The van der Waals surface area contributed by atoms with Crippen LogP contribution < -0.4 is 14.8 Å². The molecule has 2 aliphatic rings. The third kappa shape index (κ3) is 4.85. The van der Waals surface area contributed by atoms with Crippen LogP contribution in [0, 0.1) is 11.6 Å². The Kier molecular flexibility index (Phi) is 6.26. The van der Waals surface area contributed by atoms with Crippen molar-refractivity contribution in [3.8, 4) is 11.5 Å². The standard InChI is InChI=1S/C26H25F2NO4/c27-19-6-2-17(3-7-19)26(18-4-8-20(28)9-5-18)25-12-22(30)21(14-31-25)29-13-16-1-10-23-24(11-16)33-15-32-23/h1-11,21-22,25-26,29-30H,12-15H2/t21-,22-,25+/m1/s1. The van der Waals surface area contributed by atoms with E-state index in [1.165, 1.54) is 24.3 Å². The Bertz CT molecular complexity index is 1040. The molecule has 2 aliphatic heterocycles. The molecule has 5 rings (SSSR count). The van der Waals surface area contributed by atoms with E-state index in [0.29, 0.717) is 19.6 Å². The maximum absolute atomic E-state index is 13.5. The third-order valence-electron chi connectivity index (χ3n) is 6.26. The molecule has 0 aliphatic carbocycles. The number of fused-ring (bicyclic) bond motifs is 1. The first kappa shape index (κ1) is 21.8. The second-order valence-corrected chi connectivity index (χ2v) is 8.43. The Balaban J connectivity index is 1.28. The lowest BCUT2D eigenvalue weighted by Crippen LogP contribution is -2.50. The molecule has 3 atom stereocenters. The first-order valence-electron chi connectivity index (χ1n) is 11.0. The van der Waals surface area contributed by atoms with E-state index in [1.54, 1.807) is 24.3 Å². The summed E-state index contributed by atoms with van der Waals surface area (Å²) in [6.07, 6.45) is -0.584. The number of aliphatic hydroxyl groups is 1. The number of aliphatic hydroxyl groups excluding tert-OH is 1. The molecule has 7 heteroatoms. The van der Waals surface area contributed by atoms with Crippen molar-refractivity contribution in [2.24, 2.45) is 0 Å². The van der Waals surface area contributed by atoms with Gasteiger partial charge in [-0.15, -0.1) is 0 Å². The summed E-state index contributed by atoms with van der Waals surface area (Å²) in [7, 11) is 0. The summed E-state index contributed by atoms with van der Waals surface area (Å²) in [5.41, 5.74) is 2.73. The van der Waals surface area contributed by atoms with E-state index in [1.807, 2.05) is 18.2 Å². The lowest BCUT2D eigenvalue weighted by Gasteiger charge is -2.38. The second kappa shape index (κ2) is 9.47. The van der Waals surface area contributed by atoms with Crippen molar-refractivity contribution in [3.05, 3.63) is 95.1 Å². The largest absolute Gasteiger partial charge is 0.454 e. The molecule has 0 bridgehead atoms. The lowest BCUT2D eigenvalue weighted by molar-refractivity contribution is -0.0718. The minimum absolute atomic E-state index is 0.228. The van der Waals surface area contributed by atoms with Crippen LogP contribution in [0.2, 0.25) is 0 Å². The Morgan fingerprint density at radius 3 is 2.15 bits per heavy atom. The maximum atomic E-state index is 13.5. The Hall–Kier alpha value is -3.00. The normalized spacial score (nSPS) is 22.0. The first-order chi connectivity index (χ1) is 16.1. The molecule has 33 heavy (non-hydrogen) atoms. The smallest absolute Gasteiger partial charge is 0.231 e. The predicted octanol–water partition coefficient (Wildman–Crippen LogP) is 4.13. The van der Waals surface area contributed by atoms with Crippen LogP contribution in [0.5, 0.6) is 11.5 Å². The predicted molar refractivity (Wildman–Crippen MR) is 118 cm³/mol. The summed E-state index contributed by atoms with van der Waals surface area (Å²) in [5, 5.41) is 14.3. The molecule has 0 radical (unpaired) electrons. The van der Waals surface area contributed by atoms with E-state index in [4.69, 9.17) is 14.2 Å². The topological polar surface area (TPSA) is 60.0 Å². The zero-order valence-electron chi connectivity index (χ0n) is 17.9. The van der Waals surface area contributed by atoms with Crippen LogP contribution in [0.15, 0.2) is 66.7 Å². The van der Waals surface area contributed by atoms with Crippen LogP contribution in [0.25, 0.3) is 0 Å². The molecule has 0 spiro atoms. The minimum Gasteiger partial charge on any atom is -0.454 e. The molecule has 172 valence electrons. The molecule has 0 saturated carbocycles. The molecule has 0 unspecified atom stereocenters. The fraction of sp³-hybridized carbons (Fsp3) is 0.308. The number of hydrogen-bond donors (Lipinski definition) is 2. The molecule has 1 saturated heterocycles. The van der Waals surface area contributed by atoms with Crippen molar-refractivity contribution in [2.75, 3.05) is 13.4 Å².